The highest BCUT2D eigenvalue weighted by Crippen LogP contribution is 2.22. The predicted molar refractivity (Wildman–Crippen MR) is 114 cm³/mol. The second-order valence-corrected chi connectivity index (χ2v) is 6.99. The van der Waals surface area contributed by atoms with E-state index >= 15 is 0 Å². The average molecular weight is 412 g/mol. The lowest BCUT2D eigenvalue weighted by Gasteiger charge is -2.23. The summed E-state index contributed by atoms with van der Waals surface area (Å²) in [6.07, 6.45) is 2.02. The van der Waals surface area contributed by atoms with Crippen molar-refractivity contribution in [3.05, 3.63) is 53.0 Å². The van der Waals surface area contributed by atoms with E-state index in [0.29, 0.717) is 17.2 Å². The standard InChI is InChI=1S/C19H25N7O.CH3NO/c1-4-25-10-13-8-16(22-9-14(13)11-25)19(27)24-17-7-5-6-15(23-17)18(20)26(21)12(2)3;2-1-3/h5-9,12,20H,4,10-11,21H2,1-3H3,(H,23,24,27);1H,(H2,2,3). The summed E-state index contributed by atoms with van der Waals surface area (Å²) in [5.74, 6) is 6.01. The van der Waals surface area contributed by atoms with Crippen LogP contribution in [0.1, 0.15) is 48.1 Å². The predicted octanol–water partition coefficient (Wildman–Crippen LogP) is 1.08. The number of nitrogens with one attached hydrogen (secondary N) is 2. The topological polar surface area (TPSA) is 154 Å². The van der Waals surface area contributed by atoms with Gasteiger partial charge in [-0.3, -0.25) is 29.9 Å². The molecule has 1 aliphatic rings. The number of hydrogen-bond acceptors (Lipinski definition) is 7. The number of nitrogens with two attached hydrogens (primary N) is 2. The molecule has 3 heterocycles. The van der Waals surface area contributed by atoms with E-state index in [1.165, 1.54) is 10.6 Å². The van der Waals surface area contributed by atoms with Crippen LogP contribution in [0.25, 0.3) is 0 Å². The van der Waals surface area contributed by atoms with Crippen molar-refractivity contribution in [3.8, 4) is 0 Å². The summed E-state index contributed by atoms with van der Waals surface area (Å²) in [6.45, 7) is 8.57. The van der Waals surface area contributed by atoms with Gasteiger partial charge in [0.15, 0.2) is 5.84 Å². The lowest BCUT2D eigenvalue weighted by Crippen LogP contribution is -2.43. The Morgan fingerprint density at radius 1 is 1.33 bits per heavy atom. The Hall–Kier alpha value is -3.37. The molecule has 0 saturated heterocycles. The molecule has 0 aromatic carbocycles. The number of fused-ring (bicyclic) bond motifs is 1. The number of pyridine rings is 2. The molecule has 160 valence electrons. The van der Waals surface area contributed by atoms with Crippen LogP contribution in [-0.2, 0) is 17.9 Å². The van der Waals surface area contributed by atoms with E-state index in [9.17, 15) is 4.79 Å². The van der Waals surface area contributed by atoms with Gasteiger partial charge >= 0.3 is 0 Å². The number of carbonyl (C=O) groups excluding carboxylic acids is 2. The average Bonchev–Trinajstić information content (AvgIpc) is 3.15. The van der Waals surface area contributed by atoms with Crippen LogP contribution in [0.3, 0.4) is 0 Å². The second kappa shape index (κ2) is 10.4. The van der Waals surface area contributed by atoms with Crippen molar-refractivity contribution in [2.75, 3.05) is 11.9 Å². The van der Waals surface area contributed by atoms with Crippen molar-refractivity contribution >= 4 is 24.0 Å². The minimum atomic E-state index is -0.322. The van der Waals surface area contributed by atoms with E-state index in [-0.39, 0.29) is 24.2 Å². The molecule has 0 fully saturated rings. The van der Waals surface area contributed by atoms with Crippen LogP contribution in [0.15, 0.2) is 30.5 Å². The SMILES string of the molecule is CCN1Cc2cnc(C(=O)Nc3cccc(C(=N)N(N)C(C)C)n3)cc2C1.NC=O. The molecule has 0 aliphatic carbocycles. The molecule has 2 aromatic rings. The highest BCUT2D eigenvalue weighted by molar-refractivity contribution is 6.03. The maximum absolute atomic E-state index is 12.6. The van der Waals surface area contributed by atoms with Crippen molar-refractivity contribution < 1.29 is 9.59 Å². The molecule has 30 heavy (non-hydrogen) atoms. The van der Waals surface area contributed by atoms with Crippen LogP contribution in [0.4, 0.5) is 5.82 Å². The Morgan fingerprint density at radius 2 is 2.00 bits per heavy atom. The number of anilines is 1. The zero-order valence-corrected chi connectivity index (χ0v) is 17.4. The minimum absolute atomic E-state index is 0.0316. The second-order valence-electron chi connectivity index (χ2n) is 6.99. The quantitative estimate of drug-likeness (QED) is 0.188. The number of primary amides is 1. The first-order chi connectivity index (χ1) is 14.3. The number of hydrogen-bond donors (Lipinski definition) is 4. The smallest absolute Gasteiger partial charge is 0.275 e. The lowest BCUT2D eigenvalue weighted by molar-refractivity contribution is -0.106. The zero-order chi connectivity index (χ0) is 22.3. The highest BCUT2D eigenvalue weighted by atomic mass is 16.2. The molecule has 3 rings (SSSR count). The Balaban J connectivity index is 0.00000101. The van der Waals surface area contributed by atoms with Gasteiger partial charge < -0.3 is 11.1 Å². The first-order valence-corrected chi connectivity index (χ1v) is 9.57. The molecule has 2 amide bonds. The molecule has 0 unspecified atom stereocenters. The monoisotopic (exact) mass is 412 g/mol. The van der Waals surface area contributed by atoms with E-state index in [2.05, 4.69) is 32.8 Å². The number of hydrazine groups is 1. The summed E-state index contributed by atoms with van der Waals surface area (Å²) < 4.78 is 0. The summed E-state index contributed by atoms with van der Waals surface area (Å²) in [5, 5.41) is 12.2. The summed E-state index contributed by atoms with van der Waals surface area (Å²) in [4.78, 5) is 32.1. The molecule has 0 saturated carbocycles. The van der Waals surface area contributed by atoms with Gasteiger partial charge in [0.2, 0.25) is 6.41 Å². The molecule has 0 radical (unpaired) electrons. The van der Waals surface area contributed by atoms with Crippen LogP contribution >= 0.6 is 0 Å². The van der Waals surface area contributed by atoms with Crippen LogP contribution in [0.2, 0.25) is 0 Å². The summed E-state index contributed by atoms with van der Waals surface area (Å²) in [5.41, 5.74) is 7.22. The maximum atomic E-state index is 12.6. The van der Waals surface area contributed by atoms with Gasteiger partial charge in [-0.1, -0.05) is 13.0 Å². The van der Waals surface area contributed by atoms with Crippen molar-refractivity contribution in [2.24, 2.45) is 11.6 Å². The van der Waals surface area contributed by atoms with Gasteiger partial charge in [-0.15, -0.1) is 0 Å². The van der Waals surface area contributed by atoms with Crippen molar-refractivity contribution in [3.63, 3.8) is 0 Å². The van der Waals surface area contributed by atoms with Crippen LogP contribution < -0.4 is 16.9 Å². The Morgan fingerprint density at radius 3 is 2.63 bits per heavy atom. The Kier molecular flexibility index (Phi) is 7.96. The molecule has 1 aliphatic heterocycles. The van der Waals surface area contributed by atoms with E-state index in [1.807, 2.05) is 19.9 Å². The normalized spacial score (nSPS) is 12.6. The number of nitrogens with zero attached hydrogens (tertiary/aromatic N) is 4. The molecule has 10 heteroatoms. The first-order valence-electron chi connectivity index (χ1n) is 9.57. The number of rotatable bonds is 5. The number of amides is 2. The number of carbonyl (C=O) groups is 2. The molecular weight excluding hydrogens is 384 g/mol. The van der Waals surface area contributed by atoms with Crippen molar-refractivity contribution in [2.45, 2.75) is 39.9 Å². The molecule has 6 N–H and O–H groups in total. The first kappa shape index (κ1) is 22.9. The Bertz CT molecular complexity index is 915. The third-order valence-corrected chi connectivity index (χ3v) is 4.60. The number of aromatic nitrogens is 2. The summed E-state index contributed by atoms with van der Waals surface area (Å²) in [7, 11) is 0. The fourth-order valence-electron chi connectivity index (χ4n) is 2.91. The fourth-order valence-corrected chi connectivity index (χ4v) is 2.91. The molecule has 0 bridgehead atoms. The van der Waals surface area contributed by atoms with Gasteiger partial charge in [0.05, 0.1) is 0 Å². The Labute approximate surface area is 175 Å². The summed E-state index contributed by atoms with van der Waals surface area (Å²) in [6, 6.07) is 6.91. The molecule has 10 nitrogen and oxygen atoms in total. The van der Waals surface area contributed by atoms with Crippen molar-refractivity contribution in [1.29, 1.82) is 5.41 Å². The molecule has 0 spiro atoms. The van der Waals surface area contributed by atoms with Crippen LogP contribution in [-0.4, -0.2) is 50.6 Å². The van der Waals surface area contributed by atoms with E-state index in [1.54, 1.807) is 24.4 Å². The van der Waals surface area contributed by atoms with Gasteiger partial charge in [0.1, 0.15) is 17.2 Å². The van der Waals surface area contributed by atoms with Gasteiger partial charge in [-0.25, -0.2) is 10.8 Å². The lowest BCUT2D eigenvalue weighted by atomic mass is 10.1. The highest BCUT2D eigenvalue weighted by Gasteiger charge is 2.20. The van der Waals surface area contributed by atoms with E-state index in [0.717, 1.165) is 25.2 Å². The molecular formula is C20H28N8O2. The third-order valence-electron chi connectivity index (χ3n) is 4.60. The fraction of sp³-hybridized carbons (Fsp3) is 0.350. The largest absolute Gasteiger partial charge is 0.372 e. The molecule has 2 aromatic heterocycles. The summed E-state index contributed by atoms with van der Waals surface area (Å²) >= 11 is 0. The van der Waals surface area contributed by atoms with E-state index in [4.69, 9.17) is 16.0 Å². The third kappa shape index (κ3) is 5.58. The van der Waals surface area contributed by atoms with Crippen LogP contribution in [0, 0.1) is 5.41 Å². The zero-order valence-electron chi connectivity index (χ0n) is 17.4. The van der Waals surface area contributed by atoms with E-state index < -0.39 is 0 Å². The number of amidine groups is 1. The van der Waals surface area contributed by atoms with Crippen LogP contribution in [0.5, 0.6) is 0 Å². The molecule has 0 atom stereocenters. The van der Waals surface area contributed by atoms with Gasteiger partial charge in [0, 0.05) is 25.3 Å². The maximum Gasteiger partial charge on any atom is 0.275 e. The van der Waals surface area contributed by atoms with Gasteiger partial charge in [-0.2, -0.15) is 0 Å². The minimum Gasteiger partial charge on any atom is -0.372 e. The van der Waals surface area contributed by atoms with Gasteiger partial charge in [-0.05, 0) is 49.7 Å². The van der Waals surface area contributed by atoms with Crippen molar-refractivity contribution in [1.82, 2.24) is 19.9 Å². The van der Waals surface area contributed by atoms with Gasteiger partial charge in [0.25, 0.3) is 5.91 Å².